The summed E-state index contributed by atoms with van der Waals surface area (Å²) < 4.78 is 72.0. The molecule has 2 N–H and O–H groups in total. The Morgan fingerprint density at radius 2 is 1.73 bits per heavy atom. The number of alkyl halides is 4. The summed E-state index contributed by atoms with van der Waals surface area (Å²) in [6.45, 7) is 3.31. The number of carbonyl (C=O) groups excluding carboxylic acids is 3. The van der Waals surface area contributed by atoms with Gasteiger partial charge >= 0.3 is 5.69 Å². The van der Waals surface area contributed by atoms with E-state index in [0.29, 0.717) is 88.5 Å². The molecule has 3 amide bonds. The fraction of sp³-hybridized carbons (Fsp3) is 0.548. The zero-order valence-corrected chi connectivity index (χ0v) is 34.6. The molecule has 5 fully saturated rings. The van der Waals surface area contributed by atoms with Crippen molar-refractivity contribution in [2.75, 3.05) is 62.7 Å². The van der Waals surface area contributed by atoms with E-state index in [1.807, 2.05) is 26.8 Å². The number of aryl methyl sites for hydroxylation is 1. The monoisotopic (exact) mass is 876 g/mol. The SMILES string of the molecule is Cn1c(=O)n(C2CCC(=O)NC2=O)c2cccc(C3CN([C@H]4CCN([C@H]5CC[C@H](n6cc(NC(=O)c7cnn8ccc(N9CCOCC9)nc78)c(C(F)F)n6)CC5)CC4(F)F)C3)c21. The number of hydrogen-bond acceptors (Lipinski definition) is 11. The van der Waals surface area contributed by atoms with Gasteiger partial charge in [0.2, 0.25) is 11.8 Å². The molecule has 10 rings (SSSR count). The summed E-state index contributed by atoms with van der Waals surface area (Å²) in [5.41, 5.74) is 1.48. The Hall–Kier alpha value is -5.67. The van der Waals surface area contributed by atoms with Crippen LogP contribution in [0.15, 0.2) is 47.7 Å². The number of anilines is 2. The van der Waals surface area contributed by atoms with E-state index in [2.05, 4.69) is 25.8 Å². The summed E-state index contributed by atoms with van der Waals surface area (Å²) >= 11 is 0. The molecule has 1 aliphatic carbocycles. The molecule has 1 unspecified atom stereocenters. The highest BCUT2D eigenvalue weighted by Gasteiger charge is 2.52. The number of amides is 3. The van der Waals surface area contributed by atoms with Crippen molar-refractivity contribution >= 4 is 45.9 Å². The van der Waals surface area contributed by atoms with Crippen LogP contribution in [0.25, 0.3) is 16.7 Å². The van der Waals surface area contributed by atoms with Gasteiger partial charge in [-0.25, -0.2) is 31.9 Å². The second kappa shape index (κ2) is 16.2. The molecule has 4 aromatic heterocycles. The maximum absolute atomic E-state index is 16.1. The number of carbonyl (C=O) groups is 3. The molecule has 5 aliphatic rings. The van der Waals surface area contributed by atoms with Gasteiger partial charge in [0.15, 0.2) is 11.3 Å². The van der Waals surface area contributed by atoms with Gasteiger partial charge in [-0.15, -0.1) is 0 Å². The number of imide groups is 1. The number of rotatable bonds is 9. The molecule has 63 heavy (non-hydrogen) atoms. The van der Waals surface area contributed by atoms with Gasteiger partial charge in [-0.05, 0) is 56.2 Å². The lowest BCUT2D eigenvalue weighted by Crippen LogP contribution is -2.64. The van der Waals surface area contributed by atoms with E-state index in [0.717, 1.165) is 5.56 Å². The largest absolute Gasteiger partial charge is 0.378 e. The zero-order valence-electron chi connectivity index (χ0n) is 34.6. The van der Waals surface area contributed by atoms with Crippen molar-refractivity contribution in [1.29, 1.82) is 0 Å². The Balaban J connectivity index is 0.758. The van der Waals surface area contributed by atoms with Crippen LogP contribution in [-0.4, -0.2) is 132 Å². The topological polar surface area (TPSA) is 169 Å². The number of halogens is 4. The number of likely N-dealkylation sites (tertiary alicyclic amines) is 2. The number of para-hydroxylation sites is 1. The first-order chi connectivity index (χ1) is 30.3. The van der Waals surface area contributed by atoms with Crippen LogP contribution in [0.4, 0.5) is 29.1 Å². The first-order valence-corrected chi connectivity index (χ1v) is 21.6. The molecule has 1 saturated carbocycles. The normalized spacial score (nSPS) is 25.2. The van der Waals surface area contributed by atoms with E-state index in [1.165, 1.54) is 30.7 Å². The first kappa shape index (κ1) is 41.3. The molecular weight excluding hydrogens is 829 g/mol. The Morgan fingerprint density at radius 3 is 2.46 bits per heavy atom. The summed E-state index contributed by atoms with van der Waals surface area (Å²) in [6, 6.07) is 5.19. The highest BCUT2D eigenvalue weighted by Crippen LogP contribution is 2.42. The second-order valence-electron chi connectivity index (χ2n) is 17.4. The van der Waals surface area contributed by atoms with Gasteiger partial charge in [0.05, 0.1) is 54.8 Å². The minimum atomic E-state index is -2.98. The number of fused-ring (bicyclic) bond motifs is 2. The summed E-state index contributed by atoms with van der Waals surface area (Å²) in [7, 11) is 1.64. The average molecular weight is 877 g/mol. The minimum Gasteiger partial charge on any atom is -0.378 e. The highest BCUT2D eigenvalue weighted by molar-refractivity contribution is 6.08. The van der Waals surface area contributed by atoms with Gasteiger partial charge in [0.25, 0.3) is 18.3 Å². The molecule has 8 heterocycles. The third-order valence-corrected chi connectivity index (χ3v) is 13.7. The van der Waals surface area contributed by atoms with E-state index < -0.39 is 41.9 Å². The van der Waals surface area contributed by atoms with Gasteiger partial charge in [-0.1, -0.05) is 12.1 Å². The maximum atomic E-state index is 16.1. The van der Waals surface area contributed by atoms with Crippen LogP contribution in [0.1, 0.15) is 91.0 Å². The summed E-state index contributed by atoms with van der Waals surface area (Å²) in [5, 5.41) is 13.4. The van der Waals surface area contributed by atoms with Gasteiger partial charge in [0.1, 0.15) is 17.4 Å². The molecule has 1 aromatic carbocycles. The Kier molecular flexibility index (Phi) is 10.6. The number of piperidine rings is 2. The van der Waals surface area contributed by atoms with Gasteiger partial charge in [0, 0.05) is 70.5 Å². The van der Waals surface area contributed by atoms with Crippen LogP contribution in [0.2, 0.25) is 0 Å². The van der Waals surface area contributed by atoms with Gasteiger partial charge in [-0.2, -0.15) is 10.2 Å². The molecule has 0 spiro atoms. The highest BCUT2D eigenvalue weighted by atomic mass is 19.3. The average Bonchev–Trinajstić information content (AvgIpc) is 3.95. The molecule has 4 saturated heterocycles. The number of hydrogen-bond donors (Lipinski definition) is 2. The summed E-state index contributed by atoms with van der Waals surface area (Å²) in [4.78, 5) is 61.8. The second-order valence-corrected chi connectivity index (χ2v) is 17.4. The van der Waals surface area contributed by atoms with E-state index in [1.54, 1.807) is 25.4 Å². The van der Waals surface area contributed by atoms with Gasteiger partial charge < -0.3 is 15.0 Å². The molecule has 0 bridgehead atoms. The Bertz CT molecular complexity index is 2640. The number of aromatic nitrogens is 7. The first-order valence-electron chi connectivity index (χ1n) is 21.6. The summed E-state index contributed by atoms with van der Waals surface area (Å²) in [5.74, 6) is -3.94. The molecular formula is C42H48F4N12O5. The molecule has 334 valence electrons. The van der Waals surface area contributed by atoms with Crippen LogP contribution >= 0.6 is 0 Å². The van der Waals surface area contributed by atoms with Crippen molar-refractivity contribution in [3.8, 4) is 0 Å². The number of nitrogens with zero attached hydrogens (tertiary/aromatic N) is 10. The lowest BCUT2D eigenvalue weighted by molar-refractivity contribution is -0.151. The predicted molar refractivity (Wildman–Crippen MR) is 220 cm³/mol. The van der Waals surface area contributed by atoms with E-state index in [4.69, 9.17) is 4.74 Å². The Labute approximate surface area is 357 Å². The molecule has 17 nitrogen and oxygen atoms in total. The number of morpholine rings is 1. The fourth-order valence-corrected chi connectivity index (χ4v) is 10.4. The quantitative estimate of drug-likeness (QED) is 0.163. The Morgan fingerprint density at radius 1 is 0.968 bits per heavy atom. The van der Waals surface area contributed by atoms with Crippen LogP contribution in [-0.2, 0) is 21.4 Å². The lowest BCUT2D eigenvalue weighted by atomic mass is 9.84. The standard InChI is InChI=1S/C42H48F4N12O5/c1-52-36-27(3-2-4-30(36)58(41(52)62)31-9-10-34(59)50-40(31)61)24-20-55(21-24)32-11-13-54(23-42(32,45)46)25-5-7-26(8-6-25)57-22-29(35(51-57)37(43)44)48-39(60)28-19-47-56-14-12-33(49-38(28)56)53-15-17-63-18-16-53/h2-4,12,14,19,22,24-26,31-32,37H,5-11,13,15-18,20-21,23H2,1H3,(H,48,60)(H,50,59,61)/t25-,26-,31?,32-/m0/s1. The number of ether oxygens (including phenoxy) is 1. The van der Waals surface area contributed by atoms with Crippen LogP contribution in [0, 0.1) is 0 Å². The zero-order chi connectivity index (χ0) is 43.7. The van der Waals surface area contributed by atoms with Crippen molar-refractivity contribution < 1.29 is 36.7 Å². The van der Waals surface area contributed by atoms with Crippen molar-refractivity contribution in [3.63, 3.8) is 0 Å². The minimum absolute atomic E-state index is 0.0837. The molecule has 0 radical (unpaired) electrons. The van der Waals surface area contributed by atoms with Gasteiger partial charge in [-0.3, -0.25) is 43.3 Å². The predicted octanol–water partition coefficient (Wildman–Crippen LogP) is 3.88. The fourth-order valence-electron chi connectivity index (χ4n) is 10.4. The van der Waals surface area contributed by atoms with Crippen LogP contribution < -0.4 is 21.2 Å². The van der Waals surface area contributed by atoms with E-state index >= 15 is 8.78 Å². The molecule has 4 aliphatic heterocycles. The van der Waals surface area contributed by atoms with Crippen molar-refractivity contribution in [2.45, 2.75) is 87.4 Å². The van der Waals surface area contributed by atoms with E-state index in [-0.39, 0.29) is 72.3 Å². The molecule has 5 aromatic rings. The lowest BCUT2D eigenvalue weighted by Gasteiger charge is -2.51. The van der Waals surface area contributed by atoms with Crippen molar-refractivity contribution in [2.24, 2.45) is 7.05 Å². The van der Waals surface area contributed by atoms with Crippen LogP contribution in [0.5, 0.6) is 0 Å². The van der Waals surface area contributed by atoms with Crippen LogP contribution in [0.3, 0.4) is 0 Å². The summed E-state index contributed by atoms with van der Waals surface area (Å²) in [6.07, 6.45) is 4.41. The third-order valence-electron chi connectivity index (χ3n) is 13.7. The number of imidazole rings is 1. The molecule has 2 atom stereocenters. The smallest absolute Gasteiger partial charge is 0.329 e. The number of nitrogens with one attached hydrogen (secondary N) is 2. The molecule has 21 heteroatoms. The van der Waals surface area contributed by atoms with Crippen molar-refractivity contribution in [3.05, 3.63) is 70.2 Å². The number of benzene rings is 1. The third kappa shape index (κ3) is 7.46. The maximum Gasteiger partial charge on any atom is 0.329 e. The van der Waals surface area contributed by atoms with E-state index in [9.17, 15) is 28.0 Å². The van der Waals surface area contributed by atoms with Crippen molar-refractivity contribution in [1.82, 2.24) is 48.6 Å².